The molecule has 0 saturated heterocycles. The van der Waals surface area contributed by atoms with Gasteiger partial charge in [0.15, 0.2) is 12.6 Å². The van der Waals surface area contributed by atoms with Gasteiger partial charge in [-0.2, -0.15) is 13.2 Å². The van der Waals surface area contributed by atoms with Crippen LogP contribution in [0, 0.1) is 6.92 Å². The summed E-state index contributed by atoms with van der Waals surface area (Å²) in [7, 11) is 0. The van der Waals surface area contributed by atoms with Crippen molar-refractivity contribution in [2.75, 3.05) is 13.2 Å². The van der Waals surface area contributed by atoms with Gasteiger partial charge in [-0.05, 0) is 25.5 Å². The number of ether oxygens (including phenoxy) is 1. The number of guanidine groups is 1. The quantitative estimate of drug-likeness (QED) is 0.564. The Morgan fingerprint density at radius 3 is 2.77 bits per heavy atom. The largest absolute Gasteiger partial charge is 0.468 e. The summed E-state index contributed by atoms with van der Waals surface area (Å²) in [4.78, 5) is 13.6. The highest BCUT2D eigenvalue weighted by atomic mass is 32.1. The molecule has 0 radical (unpaired) electrons. The van der Waals surface area contributed by atoms with E-state index < -0.39 is 12.8 Å². The van der Waals surface area contributed by atoms with E-state index in [0.29, 0.717) is 24.6 Å². The van der Waals surface area contributed by atoms with E-state index in [1.807, 2.05) is 20.0 Å². The third-order valence-electron chi connectivity index (χ3n) is 3.02. The van der Waals surface area contributed by atoms with Gasteiger partial charge in [0.2, 0.25) is 5.88 Å². The number of hydrogen-bond donors (Lipinski definition) is 2. The van der Waals surface area contributed by atoms with Crippen LogP contribution < -0.4 is 15.4 Å². The van der Waals surface area contributed by atoms with E-state index in [0.717, 1.165) is 9.88 Å². The highest BCUT2D eigenvalue weighted by Gasteiger charge is 2.28. The van der Waals surface area contributed by atoms with Crippen LogP contribution in [0.15, 0.2) is 29.5 Å². The minimum atomic E-state index is -4.40. The third-order valence-corrected chi connectivity index (χ3v) is 3.94. The molecule has 0 spiro atoms. The molecule has 0 saturated carbocycles. The molecule has 0 aromatic carbocycles. The van der Waals surface area contributed by atoms with Gasteiger partial charge >= 0.3 is 6.18 Å². The number of aryl methyl sites for hydroxylation is 1. The van der Waals surface area contributed by atoms with Gasteiger partial charge in [0.1, 0.15) is 5.01 Å². The topological polar surface area (TPSA) is 71.4 Å². The van der Waals surface area contributed by atoms with E-state index in [9.17, 15) is 13.2 Å². The van der Waals surface area contributed by atoms with Crippen LogP contribution in [-0.4, -0.2) is 35.3 Å². The Balaban J connectivity index is 1.95. The monoisotopic (exact) mass is 387 g/mol. The number of pyridine rings is 1. The van der Waals surface area contributed by atoms with Gasteiger partial charge in [-0.15, -0.1) is 11.3 Å². The fraction of sp³-hybridized carbons (Fsp3) is 0.438. The van der Waals surface area contributed by atoms with Crippen molar-refractivity contribution in [2.45, 2.75) is 33.1 Å². The number of aliphatic imine (C=N–C) groups is 1. The molecule has 6 nitrogen and oxygen atoms in total. The van der Waals surface area contributed by atoms with E-state index in [2.05, 4.69) is 30.3 Å². The van der Waals surface area contributed by atoms with E-state index in [-0.39, 0.29) is 12.4 Å². The number of alkyl halides is 3. The molecular weight excluding hydrogens is 367 g/mol. The maximum Gasteiger partial charge on any atom is 0.422 e. The molecule has 0 aliphatic heterocycles. The van der Waals surface area contributed by atoms with Crippen LogP contribution in [0.2, 0.25) is 0 Å². The summed E-state index contributed by atoms with van der Waals surface area (Å²) in [5, 5.41) is 7.23. The molecule has 0 aliphatic rings. The molecule has 0 unspecified atom stereocenters. The molecule has 2 aromatic heterocycles. The van der Waals surface area contributed by atoms with Gasteiger partial charge < -0.3 is 15.4 Å². The number of hydrogen-bond acceptors (Lipinski definition) is 5. The molecule has 2 aromatic rings. The Morgan fingerprint density at radius 1 is 1.31 bits per heavy atom. The first-order valence-electron chi connectivity index (χ1n) is 7.93. The average Bonchev–Trinajstić information content (AvgIpc) is 3.01. The van der Waals surface area contributed by atoms with E-state index >= 15 is 0 Å². The van der Waals surface area contributed by atoms with E-state index in [1.54, 1.807) is 17.4 Å². The van der Waals surface area contributed by atoms with Crippen molar-refractivity contribution in [3.8, 4) is 5.88 Å². The molecule has 0 bridgehead atoms. The molecule has 142 valence electrons. The van der Waals surface area contributed by atoms with Crippen LogP contribution in [0.25, 0.3) is 0 Å². The Kier molecular flexibility index (Phi) is 7.19. The minimum absolute atomic E-state index is 0.0776. The maximum atomic E-state index is 12.2. The SMILES string of the molecule is CCNC(=NCc1ccnc(OCC(F)(F)F)c1)NCc1ncc(C)s1. The molecule has 26 heavy (non-hydrogen) atoms. The number of thiazole rings is 1. The predicted molar refractivity (Wildman–Crippen MR) is 94.3 cm³/mol. The predicted octanol–water partition coefficient (Wildman–Crippen LogP) is 3.04. The summed E-state index contributed by atoms with van der Waals surface area (Å²) in [6.45, 7) is 4.06. The number of nitrogens with one attached hydrogen (secondary N) is 2. The highest BCUT2D eigenvalue weighted by Crippen LogP contribution is 2.17. The standard InChI is InChI=1S/C16H20F3N5OS/c1-3-20-15(24-9-14-22-7-11(2)26-14)23-8-12-4-5-21-13(6-12)25-10-16(17,18)19/h4-7H,3,8-10H2,1-2H3,(H2,20,23,24). The lowest BCUT2D eigenvalue weighted by Crippen LogP contribution is -2.36. The molecule has 0 fully saturated rings. The molecule has 2 heterocycles. The fourth-order valence-corrected chi connectivity index (χ4v) is 2.66. The van der Waals surface area contributed by atoms with Gasteiger partial charge in [-0.1, -0.05) is 0 Å². The Bertz CT molecular complexity index is 733. The molecule has 0 amide bonds. The van der Waals surface area contributed by atoms with Crippen LogP contribution in [0.4, 0.5) is 13.2 Å². The lowest BCUT2D eigenvalue weighted by atomic mass is 10.3. The molecule has 2 rings (SSSR count). The Labute approximate surface area is 153 Å². The maximum absolute atomic E-state index is 12.2. The van der Waals surface area contributed by atoms with E-state index in [1.165, 1.54) is 12.3 Å². The molecule has 10 heteroatoms. The van der Waals surface area contributed by atoms with Crippen LogP contribution in [-0.2, 0) is 13.1 Å². The second-order valence-corrected chi connectivity index (χ2v) is 6.64. The first kappa shape index (κ1) is 20.0. The summed E-state index contributed by atoms with van der Waals surface area (Å²) in [5.74, 6) is 0.515. The number of halogens is 3. The Morgan fingerprint density at radius 2 is 2.12 bits per heavy atom. The van der Waals surface area contributed by atoms with Gasteiger partial charge in [0.25, 0.3) is 0 Å². The van der Waals surface area contributed by atoms with E-state index in [4.69, 9.17) is 0 Å². The number of nitrogens with zero attached hydrogens (tertiary/aromatic N) is 3. The van der Waals surface area contributed by atoms with Gasteiger partial charge in [0, 0.05) is 29.9 Å². The van der Waals surface area contributed by atoms with Crippen LogP contribution in [0.3, 0.4) is 0 Å². The second-order valence-electron chi connectivity index (χ2n) is 5.32. The summed E-state index contributed by atoms with van der Waals surface area (Å²) in [6.07, 6.45) is -1.19. The molecule has 0 aliphatic carbocycles. The summed E-state index contributed by atoms with van der Waals surface area (Å²) in [5.41, 5.74) is 0.694. The molecular formula is C16H20F3N5OS. The van der Waals surface area contributed by atoms with Crippen molar-refractivity contribution in [1.82, 2.24) is 20.6 Å². The molecule has 2 N–H and O–H groups in total. The lowest BCUT2D eigenvalue weighted by Gasteiger charge is -2.11. The second kappa shape index (κ2) is 9.37. The average molecular weight is 387 g/mol. The number of rotatable bonds is 7. The van der Waals surface area contributed by atoms with Crippen LogP contribution in [0.1, 0.15) is 22.4 Å². The summed E-state index contributed by atoms with van der Waals surface area (Å²) >= 11 is 1.60. The normalized spacial score (nSPS) is 12.1. The minimum Gasteiger partial charge on any atom is -0.468 e. The van der Waals surface area contributed by atoms with Crippen molar-refractivity contribution < 1.29 is 17.9 Å². The highest BCUT2D eigenvalue weighted by molar-refractivity contribution is 7.11. The smallest absolute Gasteiger partial charge is 0.422 e. The lowest BCUT2D eigenvalue weighted by molar-refractivity contribution is -0.154. The zero-order valence-electron chi connectivity index (χ0n) is 14.4. The third kappa shape index (κ3) is 7.26. The van der Waals surface area contributed by atoms with Gasteiger partial charge in [0.05, 0.1) is 13.1 Å². The van der Waals surface area contributed by atoms with Crippen molar-refractivity contribution in [2.24, 2.45) is 4.99 Å². The summed E-state index contributed by atoms with van der Waals surface area (Å²) < 4.78 is 41.3. The summed E-state index contributed by atoms with van der Waals surface area (Å²) in [6, 6.07) is 3.13. The molecule has 0 atom stereocenters. The van der Waals surface area contributed by atoms with Gasteiger partial charge in [-0.25, -0.2) is 15.0 Å². The Hall–Kier alpha value is -2.36. The fourth-order valence-electron chi connectivity index (χ4n) is 1.94. The first-order valence-corrected chi connectivity index (χ1v) is 8.75. The van der Waals surface area contributed by atoms with Crippen molar-refractivity contribution in [3.63, 3.8) is 0 Å². The zero-order valence-corrected chi connectivity index (χ0v) is 15.2. The van der Waals surface area contributed by atoms with Gasteiger partial charge in [-0.3, -0.25) is 0 Å². The van der Waals surface area contributed by atoms with Crippen LogP contribution in [0.5, 0.6) is 5.88 Å². The number of aromatic nitrogens is 2. The van der Waals surface area contributed by atoms with Crippen LogP contribution >= 0.6 is 11.3 Å². The van der Waals surface area contributed by atoms with Crippen molar-refractivity contribution in [3.05, 3.63) is 40.0 Å². The zero-order chi connectivity index (χ0) is 19.0. The van der Waals surface area contributed by atoms with Crippen molar-refractivity contribution >= 4 is 17.3 Å². The first-order chi connectivity index (χ1) is 12.4. The van der Waals surface area contributed by atoms with Crippen molar-refractivity contribution in [1.29, 1.82) is 0 Å².